The molecule has 2 amide bonds. The van der Waals surface area contributed by atoms with E-state index in [4.69, 9.17) is 11.5 Å². The van der Waals surface area contributed by atoms with Gasteiger partial charge in [0.05, 0.1) is 5.56 Å². The highest BCUT2D eigenvalue weighted by Gasteiger charge is 2.22. The highest BCUT2D eigenvalue weighted by Crippen LogP contribution is 2.19. The monoisotopic (exact) mass is 570 g/mol. The van der Waals surface area contributed by atoms with Crippen LogP contribution in [0.1, 0.15) is 78.6 Å². The van der Waals surface area contributed by atoms with Gasteiger partial charge in [-0.2, -0.15) is 0 Å². The van der Waals surface area contributed by atoms with Crippen LogP contribution in [0.4, 0.5) is 4.79 Å². The average Bonchev–Trinajstić information content (AvgIpc) is 2.89. The Bertz CT molecular complexity index is 1100. The van der Waals surface area contributed by atoms with Crippen molar-refractivity contribution < 1.29 is 4.79 Å². The van der Waals surface area contributed by atoms with Crippen molar-refractivity contribution in [1.29, 1.82) is 0 Å². The van der Waals surface area contributed by atoms with Gasteiger partial charge in [0.1, 0.15) is 5.82 Å². The number of aromatic amines is 1. The Labute approximate surface area is 246 Å². The van der Waals surface area contributed by atoms with E-state index < -0.39 is 0 Å². The van der Waals surface area contributed by atoms with E-state index in [1.807, 2.05) is 65.8 Å². The number of rotatable bonds is 10. The lowest BCUT2D eigenvalue weighted by atomic mass is 9.95. The predicted molar refractivity (Wildman–Crippen MR) is 169 cm³/mol. The number of hydrogen-bond acceptors (Lipinski definition) is 7. The highest BCUT2D eigenvalue weighted by atomic mass is 16.2. The second kappa shape index (κ2) is 16.6. The molecule has 3 rings (SSSR count). The molecule has 8 N–H and O–H groups in total. The second-order valence-corrected chi connectivity index (χ2v) is 12.9. The molecule has 0 aliphatic carbocycles. The molecule has 0 spiro atoms. The maximum absolute atomic E-state index is 12.3. The van der Waals surface area contributed by atoms with Crippen LogP contribution in [0.25, 0.3) is 11.1 Å². The number of urea groups is 1. The minimum Gasteiger partial charge on any atom is -0.334 e. The summed E-state index contributed by atoms with van der Waals surface area (Å²) in [6, 6.07) is 8.18. The molecular weight excluding hydrogens is 516 g/mol. The molecular formula is C31H54N8O2. The first-order chi connectivity index (χ1) is 19.3. The Morgan fingerprint density at radius 1 is 1.07 bits per heavy atom. The van der Waals surface area contributed by atoms with Crippen molar-refractivity contribution in [2.45, 2.75) is 90.8 Å². The number of carbonyl (C=O) groups excluding carboxylic acids is 1. The van der Waals surface area contributed by atoms with Crippen LogP contribution >= 0.6 is 0 Å². The Kier molecular flexibility index (Phi) is 13.9. The van der Waals surface area contributed by atoms with E-state index in [2.05, 4.69) is 30.8 Å². The molecule has 10 nitrogen and oxygen atoms in total. The lowest BCUT2D eigenvalue weighted by Gasteiger charge is -2.33. The van der Waals surface area contributed by atoms with Crippen molar-refractivity contribution in [3.05, 3.63) is 52.2 Å². The van der Waals surface area contributed by atoms with Gasteiger partial charge in [0, 0.05) is 36.3 Å². The summed E-state index contributed by atoms with van der Waals surface area (Å²) in [5, 5.41) is 9.33. The van der Waals surface area contributed by atoms with Crippen LogP contribution < -0.4 is 33.0 Å². The number of piperidine rings is 1. The van der Waals surface area contributed by atoms with Crippen LogP contribution in [0, 0.1) is 0 Å². The zero-order chi connectivity index (χ0) is 30.5. The second-order valence-electron chi connectivity index (χ2n) is 12.9. The number of benzene rings is 1. The number of nitrogens with zero attached hydrogens (tertiary/aromatic N) is 2. The molecule has 1 aromatic carbocycles. The van der Waals surface area contributed by atoms with Gasteiger partial charge < -0.3 is 37.3 Å². The molecule has 0 unspecified atom stereocenters. The summed E-state index contributed by atoms with van der Waals surface area (Å²) < 4.78 is 0. The molecule has 0 saturated carbocycles. The Morgan fingerprint density at radius 2 is 1.76 bits per heavy atom. The van der Waals surface area contributed by atoms with Gasteiger partial charge in [-0.05, 0) is 90.3 Å². The number of nitrogens with one attached hydrogen (secondary N) is 4. The number of hydrogen-bond donors (Lipinski definition) is 6. The topological polar surface area (TPSA) is 154 Å². The van der Waals surface area contributed by atoms with Crippen LogP contribution in [-0.4, -0.2) is 71.7 Å². The van der Waals surface area contributed by atoms with E-state index in [1.54, 1.807) is 6.20 Å². The van der Waals surface area contributed by atoms with Gasteiger partial charge in [0.25, 0.3) is 5.56 Å². The molecule has 1 aliphatic rings. The lowest BCUT2D eigenvalue weighted by Crippen LogP contribution is -2.54. The number of amides is 2. The summed E-state index contributed by atoms with van der Waals surface area (Å²) in [5.74, 6) is 0.701. The Hall–Kier alpha value is -2.79. The fourth-order valence-corrected chi connectivity index (χ4v) is 4.50. The molecule has 1 fully saturated rings. The highest BCUT2D eigenvalue weighted by molar-refractivity contribution is 5.75. The molecule has 0 bridgehead atoms. The summed E-state index contributed by atoms with van der Waals surface area (Å²) in [5.41, 5.74) is 13.2. The molecule has 230 valence electrons. The van der Waals surface area contributed by atoms with Gasteiger partial charge in [0.15, 0.2) is 0 Å². The number of H-pyrrole nitrogens is 1. The van der Waals surface area contributed by atoms with Gasteiger partial charge in [-0.15, -0.1) is 0 Å². The van der Waals surface area contributed by atoms with Gasteiger partial charge in [-0.25, -0.2) is 9.78 Å². The molecule has 1 atom stereocenters. The van der Waals surface area contributed by atoms with Crippen molar-refractivity contribution in [3.63, 3.8) is 0 Å². The Balaban J connectivity index is 0.000000296. The van der Waals surface area contributed by atoms with E-state index in [0.717, 1.165) is 70.5 Å². The van der Waals surface area contributed by atoms with E-state index in [-0.39, 0.29) is 28.6 Å². The minimum atomic E-state index is -0.183. The van der Waals surface area contributed by atoms with E-state index in [0.29, 0.717) is 17.9 Å². The van der Waals surface area contributed by atoms with Gasteiger partial charge in [0.2, 0.25) is 0 Å². The summed E-state index contributed by atoms with van der Waals surface area (Å²) in [7, 11) is 0. The van der Waals surface area contributed by atoms with Gasteiger partial charge in [-0.1, -0.05) is 45.0 Å². The van der Waals surface area contributed by atoms with Crippen molar-refractivity contribution >= 4 is 6.03 Å². The fourth-order valence-electron chi connectivity index (χ4n) is 4.50. The number of carbonyl (C=O) groups is 1. The smallest absolute Gasteiger partial charge is 0.315 e. The van der Waals surface area contributed by atoms with Crippen molar-refractivity contribution in [1.82, 2.24) is 30.8 Å². The number of aromatic nitrogens is 2. The molecule has 41 heavy (non-hydrogen) atoms. The van der Waals surface area contributed by atoms with Crippen molar-refractivity contribution in [2.75, 3.05) is 39.3 Å². The molecule has 1 aromatic heterocycles. The van der Waals surface area contributed by atoms with Crippen LogP contribution in [0.15, 0.2) is 35.3 Å². The largest absolute Gasteiger partial charge is 0.334 e. The zero-order valence-corrected chi connectivity index (χ0v) is 26.1. The summed E-state index contributed by atoms with van der Waals surface area (Å²) in [6.45, 7) is 18.3. The molecule has 0 radical (unpaired) electrons. The lowest BCUT2D eigenvalue weighted by molar-refractivity contribution is 0.182. The number of likely N-dealkylation sites (tertiary alicyclic amines) is 1. The first-order valence-corrected chi connectivity index (χ1v) is 14.9. The normalized spacial score (nSPS) is 16.0. The summed E-state index contributed by atoms with van der Waals surface area (Å²) in [4.78, 5) is 33.8. The fraction of sp³-hybridized carbons (Fsp3) is 0.645. The van der Waals surface area contributed by atoms with Gasteiger partial charge >= 0.3 is 6.03 Å². The SMILES string of the molecule is CC(C)(C)NC(=O)N[C@H]1CCCN(CCCN)C1.CC(C)(C)c1ncc(-c2ccc(CNCCCN)cc2)c(=O)[nH]1. The third kappa shape index (κ3) is 13.2. The van der Waals surface area contributed by atoms with Crippen LogP contribution in [0.2, 0.25) is 0 Å². The molecule has 1 aliphatic heterocycles. The van der Waals surface area contributed by atoms with Crippen LogP contribution in [-0.2, 0) is 12.0 Å². The summed E-state index contributed by atoms with van der Waals surface area (Å²) in [6.07, 6.45) is 5.87. The van der Waals surface area contributed by atoms with Crippen LogP contribution in [0.5, 0.6) is 0 Å². The molecule has 2 heterocycles. The van der Waals surface area contributed by atoms with E-state index >= 15 is 0 Å². The standard InChI is InChI=1S/C18H26N4O.C13H28N4O/c1-18(2,3)17-21-12-15(16(23)22-17)14-7-5-13(6-8-14)11-20-10-4-9-19;1-13(2,3)16-12(18)15-11-6-4-8-17(10-11)9-5-7-14/h5-8,12,20H,4,9-11,19H2,1-3H3,(H,21,22,23);11H,4-10,14H2,1-3H3,(H2,15,16,18)/t;11-/m.0/s1. The third-order valence-electron chi connectivity index (χ3n) is 6.67. The van der Waals surface area contributed by atoms with Crippen molar-refractivity contribution in [3.8, 4) is 11.1 Å². The quantitative estimate of drug-likeness (QED) is 0.240. The third-order valence-corrected chi connectivity index (χ3v) is 6.67. The zero-order valence-electron chi connectivity index (χ0n) is 26.1. The van der Waals surface area contributed by atoms with E-state index in [1.165, 1.54) is 5.56 Å². The van der Waals surface area contributed by atoms with Gasteiger partial charge in [-0.3, -0.25) is 4.79 Å². The number of nitrogens with two attached hydrogens (primary N) is 2. The average molecular weight is 571 g/mol. The summed E-state index contributed by atoms with van der Waals surface area (Å²) >= 11 is 0. The molecule has 2 aromatic rings. The first-order valence-electron chi connectivity index (χ1n) is 14.9. The Morgan fingerprint density at radius 3 is 2.34 bits per heavy atom. The maximum atomic E-state index is 12.3. The maximum Gasteiger partial charge on any atom is 0.315 e. The first kappa shape index (κ1) is 34.4. The van der Waals surface area contributed by atoms with E-state index in [9.17, 15) is 9.59 Å². The minimum absolute atomic E-state index is 0.0619. The molecule has 1 saturated heterocycles. The molecule has 10 heteroatoms. The van der Waals surface area contributed by atoms with Crippen LogP contribution in [0.3, 0.4) is 0 Å². The predicted octanol–water partition coefficient (Wildman–Crippen LogP) is 3.07. The van der Waals surface area contributed by atoms with Crippen molar-refractivity contribution in [2.24, 2.45) is 11.5 Å².